The van der Waals surface area contributed by atoms with E-state index in [9.17, 15) is 39.9 Å². The molecular formula is C19H18N6O11. The third kappa shape index (κ3) is 6.16. The standard InChI is InChI=1S/C19H18N6O11/c1-34-15-4-10(5-16(35-2)18(15)36-3)19(27)20-9-17(26)22-21-8-12-13(24(30)31)6-11(23(28)29)7-14(12)25(32)33/h4-8H,9H2,1-3H3,(H,20,27)(H,22,26)/b21-8-. The molecule has 0 atom stereocenters. The third-order valence-corrected chi connectivity index (χ3v) is 4.44. The number of methoxy groups -OCH3 is 3. The van der Waals surface area contributed by atoms with Gasteiger partial charge in [0.1, 0.15) is 0 Å². The van der Waals surface area contributed by atoms with E-state index in [0.717, 1.165) is 0 Å². The Morgan fingerprint density at radius 1 is 0.889 bits per heavy atom. The summed E-state index contributed by atoms with van der Waals surface area (Å²) in [5, 5.41) is 39.1. The molecule has 2 N–H and O–H groups in total. The average molecular weight is 506 g/mol. The van der Waals surface area contributed by atoms with Crippen LogP contribution in [0.4, 0.5) is 17.1 Å². The smallest absolute Gasteiger partial charge is 0.292 e. The maximum atomic E-state index is 12.4. The topological polar surface area (TPSA) is 228 Å². The summed E-state index contributed by atoms with van der Waals surface area (Å²) in [6.07, 6.45) is 0.596. The number of non-ortho nitro benzene ring substituents is 1. The molecule has 2 aromatic rings. The number of hydrazone groups is 1. The number of rotatable bonds is 11. The van der Waals surface area contributed by atoms with Crippen molar-refractivity contribution in [3.8, 4) is 17.2 Å². The average Bonchev–Trinajstić information content (AvgIpc) is 2.85. The Labute approximate surface area is 201 Å². The second-order valence-electron chi connectivity index (χ2n) is 6.56. The summed E-state index contributed by atoms with van der Waals surface area (Å²) in [5.41, 5.74) is -1.48. The quantitative estimate of drug-likeness (QED) is 0.251. The fraction of sp³-hybridized carbons (Fsp3) is 0.211. The molecule has 17 nitrogen and oxygen atoms in total. The molecule has 0 aromatic heterocycles. The van der Waals surface area contributed by atoms with E-state index in [2.05, 4.69) is 10.4 Å². The molecule has 0 heterocycles. The fourth-order valence-electron chi connectivity index (χ4n) is 2.83. The Morgan fingerprint density at radius 3 is 1.83 bits per heavy atom. The second-order valence-corrected chi connectivity index (χ2v) is 6.56. The Morgan fingerprint density at radius 2 is 1.42 bits per heavy atom. The van der Waals surface area contributed by atoms with Crippen LogP contribution in [0.3, 0.4) is 0 Å². The lowest BCUT2D eigenvalue weighted by Crippen LogP contribution is -2.35. The molecule has 36 heavy (non-hydrogen) atoms. The monoisotopic (exact) mass is 506 g/mol. The molecule has 0 saturated carbocycles. The van der Waals surface area contributed by atoms with Gasteiger partial charge in [0, 0.05) is 5.56 Å². The first-order chi connectivity index (χ1) is 17.0. The van der Waals surface area contributed by atoms with Gasteiger partial charge in [-0.15, -0.1) is 0 Å². The molecule has 0 bridgehead atoms. The molecule has 0 unspecified atom stereocenters. The summed E-state index contributed by atoms with van der Waals surface area (Å²) in [6.45, 7) is -0.600. The molecule has 0 aliphatic rings. The van der Waals surface area contributed by atoms with Crippen LogP contribution in [0.2, 0.25) is 0 Å². The molecule has 2 aromatic carbocycles. The van der Waals surface area contributed by atoms with Crippen molar-refractivity contribution in [1.82, 2.24) is 10.7 Å². The maximum absolute atomic E-state index is 12.4. The number of benzene rings is 2. The summed E-state index contributed by atoms with van der Waals surface area (Å²) < 4.78 is 15.5. The Hall–Kier alpha value is -5.35. The Bertz CT molecular complexity index is 1200. The number of carbonyl (C=O) groups is 2. The summed E-state index contributed by atoms with van der Waals surface area (Å²) in [7, 11) is 4.08. The molecule has 0 aliphatic heterocycles. The van der Waals surface area contributed by atoms with Gasteiger partial charge in [0.25, 0.3) is 28.9 Å². The molecule has 0 spiro atoms. The first kappa shape index (κ1) is 26.9. The van der Waals surface area contributed by atoms with E-state index in [1.807, 2.05) is 5.43 Å². The van der Waals surface area contributed by atoms with Gasteiger partial charge in [-0.2, -0.15) is 5.10 Å². The van der Waals surface area contributed by atoms with Gasteiger partial charge in [-0.05, 0) is 12.1 Å². The zero-order chi connectivity index (χ0) is 27.0. The molecule has 2 amide bonds. The number of nitro benzene ring substituents is 3. The normalized spacial score (nSPS) is 10.4. The third-order valence-electron chi connectivity index (χ3n) is 4.44. The van der Waals surface area contributed by atoms with Crippen LogP contribution in [0.15, 0.2) is 29.4 Å². The number of hydrogen-bond donors (Lipinski definition) is 2. The van der Waals surface area contributed by atoms with E-state index >= 15 is 0 Å². The number of nitro groups is 3. The zero-order valence-corrected chi connectivity index (χ0v) is 18.9. The number of ether oxygens (including phenoxy) is 3. The van der Waals surface area contributed by atoms with Crippen molar-refractivity contribution >= 4 is 35.1 Å². The van der Waals surface area contributed by atoms with Gasteiger partial charge in [-0.25, -0.2) is 5.43 Å². The van der Waals surface area contributed by atoms with E-state index in [1.165, 1.54) is 33.5 Å². The van der Waals surface area contributed by atoms with E-state index in [1.54, 1.807) is 0 Å². The van der Waals surface area contributed by atoms with Crippen LogP contribution in [0.25, 0.3) is 0 Å². The van der Waals surface area contributed by atoms with Gasteiger partial charge < -0.3 is 19.5 Å². The highest BCUT2D eigenvalue weighted by Gasteiger charge is 2.29. The molecule has 17 heteroatoms. The van der Waals surface area contributed by atoms with Crippen LogP contribution in [0.1, 0.15) is 15.9 Å². The van der Waals surface area contributed by atoms with Crippen molar-refractivity contribution in [2.75, 3.05) is 27.9 Å². The number of carbonyl (C=O) groups excluding carboxylic acids is 2. The second kappa shape index (κ2) is 11.7. The largest absolute Gasteiger partial charge is 0.493 e. The van der Waals surface area contributed by atoms with Crippen LogP contribution in [0, 0.1) is 30.3 Å². The highest BCUT2D eigenvalue weighted by atomic mass is 16.6. The number of amides is 2. The highest BCUT2D eigenvalue weighted by molar-refractivity contribution is 5.98. The SMILES string of the molecule is COc1cc(C(=O)NCC(=O)N/N=C\c2c([N+](=O)[O-])cc([N+](=O)[O-])cc2[N+](=O)[O-])cc(OC)c1OC. The lowest BCUT2D eigenvalue weighted by Gasteiger charge is -2.14. The molecule has 2 rings (SSSR count). The highest BCUT2D eigenvalue weighted by Crippen LogP contribution is 2.38. The Balaban J connectivity index is 2.16. The van der Waals surface area contributed by atoms with E-state index in [4.69, 9.17) is 14.2 Å². The van der Waals surface area contributed by atoms with Crippen molar-refractivity contribution in [2.45, 2.75) is 0 Å². The van der Waals surface area contributed by atoms with Gasteiger partial charge in [-0.1, -0.05) is 0 Å². The molecule has 0 radical (unpaired) electrons. The minimum absolute atomic E-state index is 0.0675. The van der Waals surface area contributed by atoms with Crippen LogP contribution < -0.4 is 25.0 Å². The van der Waals surface area contributed by atoms with Gasteiger partial charge in [0.15, 0.2) is 17.1 Å². The van der Waals surface area contributed by atoms with Crippen molar-refractivity contribution in [3.63, 3.8) is 0 Å². The minimum atomic E-state index is -1.07. The maximum Gasteiger partial charge on any atom is 0.292 e. The van der Waals surface area contributed by atoms with Gasteiger partial charge in [-0.3, -0.25) is 39.9 Å². The zero-order valence-electron chi connectivity index (χ0n) is 18.9. The molecule has 0 saturated heterocycles. The van der Waals surface area contributed by atoms with Crippen LogP contribution >= 0.6 is 0 Å². The van der Waals surface area contributed by atoms with Crippen LogP contribution in [-0.2, 0) is 4.79 Å². The lowest BCUT2D eigenvalue weighted by atomic mass is 10.1. The molecule has 190 valence electrons. The van der Waals surface area contributed by atoms with Crippen molar-refractivity contribution in [1.29, 1.82) is 0 Å². The van der Waals surface area contributed by atoms with E-state index in [-0.39, 0.29) is 22.8 Å². The van der Waals surface area contributed by atoms with Crippen LogP contribution in [-0.4, -0.2) is 60.7 Å². The molecule has 0 aliphatic carbocycles. The number of hydrogen-bond acceptors (Lipinski definition) is 12. The lowest BCUT2D eigenvalue weighted by molar-refractivity contribution is -0.403. The summed E-state index contributed by atoms with van der Waals surface area (Å²) in [6, 6.07) is 3.74. The predicted molar refractivity (Wildman–Crippen MR) is 121 cm³/mol. The number of nitrogens with zero attached hydrogens (tertiary/aromatic N) is 4. The van der Waals surface area contributed by atoms with Gasteiger partial charge >= 0.3 is 0 Å². The van der Waals surface area contributed by atoms with Crippen LogP contribution in [0.5, 0.6) is 17.2 Å². The van der Waals surface area contributed by atoms with Crippen molar-refractivity contribution < 1.29 is 38.6 Å². The number of nitrogens with one attached hydrogen (secondary N) is 2. The van der Waals surface area contributed by atoms with Crippen molar-refractivity contribution in [3.05, 3.63) is 65.7 Å². The van der Waals surface area contributed by atoms with Gasteiger partial charge in [0.2, 0.25) is 5.75 Å². The molecule has 0 fully saturated rings. The minimum Gasteiger partial charge on any atom is -0.493 e. The first-order valence-electron chi connectivity index (χ1n) is 9.55. The summed E-state index contributed by atoms with van der Waals surface area (Å²) in [5.74, 6) is -0.947. The predicted octanol–water partition coefficient (Wildman–Crippen LogP) is 1.32. The van der Waals surface area contributed by atoms with Gasteiger partial charge in [0.05, 0.1) is 61.0 Å². The van der Waals surface area contributed by atoms with E-state index < -0.39 is 55.8 Å². The Kier molecular flexibility index (Phi) is 8.73. The van der Waals surface area contributed by atoms with Crippen molar-refractivity contribution in [2.24, 2.45) is 5.10 Å². The van der Waals surface area contributed by atoms with E-state index in [0.29, 0.717) is 18.3 Å². The first-order valence-corrected chi connectivity index (χ1v) is 9.55. The summed E-state index contributed by atoms with van der Waals surface area (Å²) >= 11 is 0. The summed E-state index contributed by atoms with van der Waals surface area (Å²) in [4.78, 5) is 54.7. The molecular weight excluding hydrogens is 488 g/mol. The fourth-order valence-corrected chi connectivity index (χ4v) is 2.83.